The molecule has 1 aromatic heterocycles. The number of aryl methyl sites for hydroxylation is 1. The molecule has 0 atom stereocenters. The summed E-state index contributed by atoms with van der Waals surface area (Å²) in [5.74, 6) is 1.54. The molecular weight excluding hydrogens is 248 g/mol. The number of rotatable bonds is 3. The van der Waals surface area contributed by atoms with Gasteiger partial charge < -0.3 is 9.52 Å². The van der Waals surface area contributed by atoms with Gasteiger partial charge in [-0.15, -0.1) is 0 Å². The van der Waals surface area contributed by atoms with E-state index in [2.05, 4.69) is 26.0 Å². The first-order valence-electron chi connectivity index (χ1n) is 7.84. The van der Waals surface area contributed by atoms with Crippen LogP contribution in [0.1, 0.15) is 56.8 Å². The largest absolute Gasteiger partial charge is 0.458 e. The highest BCUT2D eigenvalue weighted by atomic mass is 16.4. The fourth-order valence-corrected chi connectivity index (χ4v) is 3.49. The lowest BCUT2D eigenvalue weighted by Crippen LogP contribution is -2.31. The van der Waals surface area contributed by atoms with Gasteiger partial charge in [0.1, 0.15) is 16.9 Å². The van der Waals surface area contributed by atoms with Gasteiger partial charge in [-0.2, -0.15) is 0 Å². The highest BCUT2D eigenvalue weighted by molar-refractivity contribution is 5.78. The molecular formula is C18H24O2. The number of aliphatic hydroxyl groups is 1. The average molecular weight is 272 g/mol. The van der Waals surface area contributed by atoms with Gasteiger partial charge in [-0.1, -0.05) is 31.4 Å². The van der Waals surface area contributed by atoms with Crippen molar-refractivity contribution in [3.05, 3.63) is 35.6 Å². The third-order valence-electron chi connectivity index (χ3n) is 4.76. The molecule has 2 aromatic rings. The Morgan fingerprint density at radius 3 is 2.70 bits per heavy atom. The third-order valence-corrected chi connectivity index (χ3v) is 4.76. The molecule has 1 N–H and O–H groups in total. The lowest BCUT2D eigenvalue weighted by molar-refractivity contribution is -0.0317. The van der Waals surface area contributed by atoms with Gasteiger partial charge in [0.15, 0.2) is 0 Å². The molecule has 1 saturated carbocycles. The fourth-order valence-electron chi connectivity index (χ4n) is 3.49. The molecule has 0 unspecified atom stereocenters. The average Bonchev–Trinajstić information content (AvgIpc) is 2.85. The molecule has 1 aromatic carbocycles. The summed E-state index contributed by atoms with van der Waals surface area (Å²) < 4.78 is 5.91. The minimum Gasteiger partial charge on any atom is -0.458 e. The van der Waals surface area contributed by atoms with Gasteiger partial charge in [0.05, 0.1) is 0 Å². The SMILES string of the molecule is CCCC1CCC(O)(c2cc3cc(C)ccc3o2)CC1. The van der Waals surface area contributed by atoms with E-state index in [1.54, 1.807) is 0 Å². The van der Waals surface area contributed by atoms with Gasteiger partial charge in [0.25, 0.3) is 0 Å². The summed E-state index contributed by atoms with van der Waals surface area (Å²) in [6.07, 6.45) is 6.41. The summed E-state index contributed by atoms with van der Waals surface area (Å²) in [5, 5.41) is 12.0. The smallest absolute Gasteiger partial charge is 0.136 e. The quantitative estimate of drug-likeness (QED) is 0.860. The van der Waals surface area contributed by atoms with Gasteiger partial charge in [-0.05, 0) is 56.7 Å². The van der Waals surface area contributed by atoms with E-state index >= 15 is 0 Å². The van der Waals surface area contributed by atoms with Crippen LogP contribution in [-0.2, 0) is 5.60 Å². The number of fused-ring (bicyclic) bond motifs is 1. The minimum absolute atomic E-state index is 0.753. The van der Waals surface area contributed by atoms with Crippen molar-refractivity contribution >= 4 is 11.0 Å². The Balaban J connectivity index is 1.83. The van der Waals surface area contributed by atoms with E-state index in [0.29, 0.717) is 0 Å². The van der Waals surface area contributed by atoms with E-state index in [1.165, 1.54) is 18.4 Å². The van der Waals surface area contributed by atoms with Crippen molar-refractivity contribution in [3.63, 3.8) is 0 Å². The second-order valence-electron chi connectivity index (χ2n) is 6.42. The molecule has 0 spiro atoms. The maximum Gasteiger partial charge on any atom is 0.136 e. The van der Waals surface area contributed by atoms with Crippen LogP contribution < -0.4 is 0 Å². The Hall–Kier alpha value is -1.28. The molecule has 108 valence electrons. The van der Waals surface area contributed by atoms with Crippen LogP contribution in [0.2, 0.25) is 0 Å². The summed E-state index contributed by atoms with van der Waals surface area (Å²) in [6, 6.07) is 8.20. The Kier molecular flexibility index (Phi) is 3.59. The molecule has 3 rings (SSSR count). The summed E-state index contributed by atoms with van der Waals surface area (Å²) in [4.78, 5) is 0. The van der Waals surface area contributed by atoms with Crippen LogP contribution in [0.3, 0.4) is 0 Å². The van der Waals surface area contributed by atoms with E-state index in [1.807, 2.05) is 12.1 Å². The molecule has 0 amide bonds. The normalized spacial score (nSPS) is 27.1. The molecule has 1 heterocycles. The summed E-state index contributed by atoms with van der Waals surface area (Å²) in [7, 11) is 0. The zero-order valence-corrected chi connectivity index (χ0v) is 12.5. The molecule has 20 heavy (non-hydrogen) atoms. The lowest BCUT2D eigenvalue weighted by atomic mass is 9.76. The molecule has 1 fully saturated rings. The standard InChI is InChI=1S/C18H24O2/c1-3-4-14-7-9-18(19,10-8-14)17-12-15-11-13(2)5-6-16(15)20-17/h5-6,11-12,14,19H,3-4,7-10H2,1-2H3. The van der Waals surface area contributed by atoms with E-state index < -0.39 is 5.60 Å². The Morgan fingerprint density at radius 1 is 1.25 bits per heavy atom. The van der Waals surface area contributed by atoms with Crippen molar-refractivity contribution in [2.24, 2.45) is 5.92 Å². The van der Waals surface area contributed by atoms with Crippen molar-refractivity contribution in [2.75, 3.05) is 0 Å². The van der Waals surface area contributed by atoms with Gasteiger partial charge in [0.2, 0.25) is 0 Å². The van der Waals surface area contributed by atoms with Crippen molar-refractivity contribution in [2.45, 2.75) is 58.0 Å². The van der Waals surface area contributed by atoms with Crippen molar-refractivity contribution in [3.8, 4) is 0 Å². The number of hydrogen-bond acceptors (Lipinski definition) is 2. The van der Waals surface area contributed by atoms with Crippen LogP contribution in [0, 0.1) is 12.8 Å². The minimum atomic E-state index is -0.753. The van der Waals surface area contributed by atoms with Crippen LogP contribution in [-0.4, -0.2) is 5.11 Å². The topological polar surface area (TPSA) is 33.4 Å². The van der Waals surface area contributed by atoms with E-state index in [9.17, 15) is 5.11 Å². The van der Waals surface area contributed by atoms with Gasteiger partial charge in [0, 0.05) is 5.39 Å². The van der Waals surface area contributed by atoms with Gasteiger partial charge >= 0.3 is 0 Å². The van der Waals surface area contributed by atoms with E-state index in [0.717, 1.165) is 48.3 Å². The predicted molar refractivity (Wildman–Crippen MR) is 81.7 cm³/mol. The van der Waals surface area contributed by atoms with Gasteiger partial charge in [-0.3, -0.25) is 0 Å². The Morgan fingerprint density at radius 2 is 2.00 bits per heavy atom. The van der Waals surface area contributed by atoms with Crippen molar-refractivity contribution in [1.82, 2.24) is 0 Å². The second kappa shape index (κ2) is 5.25. The maximum absolute atomic E-state index is 10.9. The highest BCUT2D eigenvalue weighted by Crippen LogP contribution is 2.42. The number of furan rings is 1. The van der Waals surface area contributed by atoms with Crippen LogP contribution in [0.25, 0.3) is 11.0 Å². The number of hydrogen-bond donors (Lipinski definition) is 1. The van der Waals surface area contributed by atoms with Crippen molar-refractivity contribution in [1.29, 1.82) is 0 Å². The maximum atomic E-state index is 10.9. The first-order chi connectivity index (χ1) is 9.60. The molecule has 0 saturated heterocycles. The Bertz CT molecular complexity index is 588. The van der Waals surface area contributed by atoms with Crippen molar-refractivity contribution < 1.29 is 9.52 Å². The zero-order chi connectivity index (χ0) is 14.2. The molecule has 0 bridgehead atoms. The summed E-state index contributed by atoms with van der Waals surface area (Å²) in [6.45, 7) is 4.32. The first-order valence-corrected chi connectivity index (χ1v) is 7.84. The molecule has 0 aliphatic heterocycles. The van der Waals surface area contributed by atoms with Crippen LogP contribution >= 0.6 is 0 Å². The molecule has 2 nitrogen and oxygen atoms in total. The molecule has 2 heteroatoms. The van der Waals surface area contributed by atoms with Crippen LogP contribution in [0.15, 0.2) is 28.7 Å². The van der Waals surface area contributed by atoms with E-state index in [4.69, 9.17) is 4.42 Å². The summed E-state index contributed by atoms with van der Waals surface area (Å²) in [5.41, 5.74) is 1.36. The first kappa shape index (κ1) is 13.7. The predicted octanol–water partition coefficient (Wildman–Crippen LogP) is 4.92. The molecule has 1 aliphatic rings. The molecule has 0 radical (unpaired) electrons. The number of benzene rings is 1. The lowest BCUT2D eigenvalue weighted by Gasteiger charge is -2.34. The van der Waals surface area contributed by atoms with Crippen LogP contribution in [0.5, 0.6) is 0 Å². The molecule has 1 aliphatic carbocycles. The Labute approximate surface area is 120 Å². The monoisotopic (exact) mass is 272 g/mol. The van der Waals surface area contributed by atoms with E-state index in [-0.39, 0.29) is 0 Å². The fraction of sp³-hybridized carbons (Fsp3) is 0.556. The van der Waals surface area contributed by atoms with Gasteiger partial charge in [-0.25, -0.2) is 0 Å². The summed E-state index contributed by atoms with van der Waals surface area (Å²) >= 11 is 0. The third kappa shape index (κ3) is 2.49. The second-order valence-corrected chi connectivity index (χ2v) is 6.42. The highest BCUT2D eigenvalue weighted by Gasteiger charge is 2.37. The zero-order valence-electron chi connectivity index (χ0n) is 12.5. The van der Waals surface area contributed by atoms with Crippen LogP contribution in [0.4, 0.5) is 0 Å².